The molecule has 0 saturated heterocycles. The minimum atomic E-state index is -0.0585. The summed E-state index contributed by atoms with van der Waals surface area (Å²) in [6.07, 6.45) is 12.9. The van der Waals surface area contributed by atoms with Crippen LogP contribution in [0.25, 0.3) is 0 Å². The van der Waals surface area contributed by atoms with Gasteiger partial charge in [0.1, 0.15) is 6.10 Å². The van der Waals surface area contributed by atoms with Crippen LogP contribution in [0.3, 0.4) is 0 Å². The second kappa shape index (κ2) is 9.60. The molecule has 142 valence electrons. The second-order valence-electron chi connectivity index (χ2n) is 8.02. The van der Waals surface area contributed by atoms with Crippen molar-refractivity contribution >= 4 is 17.6 Å². The summed E-state index contributed by atoms with van der Waals surface area (Å²) in [7, 11) is 0. The van der Waals surface area contributed by atoms with Crippen LogP contribution in [0.4, 0.5) is 0 Å². The summed E-state index contributed by atoms with van der Waals surface area (Å²) < 4.78 is 5.62. The van der Waals surface area contributed by atoms with Gasteiger partial charge in [0.25, 0.3) is 0 Å². The lowest BCUT2D eigenvalue weighted by Gasteiger charge is -2.37. The highest BCUT2D eigenvalue weighted by Crippen LogP contribution is 2.43. The highest BCUT2D eigenvalue weighted by molar-refractivity contribution is 6.30. The molecule has 2 aliphatic rings. The summed E-state index contributed by atoms with van der Waals surface area (Å²) >= 11 is 6.01. The summed E-state index contributed by atoms with van der Waals surface area (Å²) in [5.41, 5.74) is 1.45. The lowest BCUT2D eigenvalue weighted by atomic mass is 9.69. The first-order chi connectivity index (χ1) is 12.7. The first-order valence-electron chi connectivity index (χ1n) is 10.2. The molecule has 0 spiro atoms. The monoisotopic (exact) mass is 374 g/mol. The largest absolute Gasteiger partial charge is 0.462 e. The van der Waals surface area contributed by atoms with Crippen LogP contribution in [0.1, 0.15) is 75.7 Å². The van der Waals surface area contributed by atoms with Gasteiger partial charge in [0.2, 0.25) is 0 Å². The number of carbonyl (C=O) groups is 1. The zero-order valence-corrected chi connectivity index (χ0v) is 16.4. The number of rotatable bonds is 6. The number of allylic oxidation sites excluding steroid dienone is 1. The first-order valence-corrected chi connectivity index (χ1v) is 10.6. The van der Waals surface area contributed by atoms with Crippen LogP contribution in [0.15, 0.2) is 36.9 Å². The van der Waals surface area contributed by atoms with E-state index in [0.29, 0.717) is 18.8 Å². The topological polar surface area (TPSA) is 26.3 Å². The first kappa shape index (κ1) is 19.5. The molecule has 2 aliphatic carbocycles. The maximum atomic E-state index is 11.8. The highest BCUT2D eigenvalue weighted by Gasteiger charge is 2.32. The molecule has 3 rings (SSSR count). The molecule has 2 saturated carbocycles. The fraction of sp³-hybridized carbons (Fsp3) is 0.609. The van der Waals surface area contributed by atoms with E-state index in [1.54, 1.807) is 6.08 Å². The standard InChI is InChI=1S/C23H31ClO2/c1-2-3-4-23(25)26-22-15-11-20(12-16-22)18-7-5-17(6-8-18)19-9-13-21(24)14-10-19/h2,9-10,13-14,17-18,20,22H,1,3-8,11-12,15-16H2/t17-,18-,20-,22-. The number of ether oxygens (including phenoxy) is 1. The Kier molecular flexibility index (Phi) is 7.19. The molecule has 0 aromatic heterocycles. The molecule has 2 fully saturated rings. The van der Waals surface area contributed by atoms with Gasteiger partial charge in [-0.25, -0.2) is 0 Å². The maximum absolute atomic E-state index is 11.8. The van der Waals surface area contributed by atoms with Crippen molar-refractivity contribution in [3.63, 3.8) is 0 Å². The van der Waals surface area contributed by atoms with E-state index in [1.807, 2.05) is 12.1 Å². The van der Waals surface area contributed by atoms with Crippen molar-refractivity contribution in [2.45, 2.75) is 76.2 Å². The molecule has 1 aromatic carbocycles. The van der Waals surface area contributed by atoms with Crippen molar-refractivity contribution in [1.29, 1.82) is 0 Å². The van der Waals surface area contributed by atoms with Crippen molar-refractivity contribution < 1.29 is 9.53 Å². The summed E-state index contributed by atoms with van der Waals surface area (Å²) in [5.74, 6) is 2.32. The van der Waals surface area contributed by atoms with Crippen LogP contribution in [-0.2, 0) is 9.53 Å². The summed E-state index contributed by atoms with van der Waals surface area (Å²) in [6, 6.07) is 8.42. The average Bonchev–Trinajstić information content (AvgIpc) is 2.68. The lowest BCUT2D eigenvalue weighted by Crippen LogP contribution is -2.29. The second-order valence-corrected chi connectivity index (χ2v) is 8.45. The van der Waals surface area contributed by atoms with Gasteiger partial charge in [0.05, 0.1) is 0 Å². The van der Waals surface area contributed by atoms with Crippen LogP contribution in [-0.4, -0.2) is 12.1 Å². The van der Waals surface area contributed by atoms with Crippen LogP contribution in [0, 0.1) is 11.8 Å². The Labute approximate surface area is 163 Å². The van der Waals surface area contributed by atoms with E-state index in [2.05, 4.69) is 18.7 Å². The molecule has 0 atom stereocenters. The number of benzene rings is 1. The van der Waals surface area contributed by atoms with E-state index in [-0.39, 0.29) is 12.1 Å². The molecule has 0 radical (unpaired) electrons. The Morgan fingerprint density at radius 2 is 1.58 bits per heavy atom. The molecule has 1 aromatic rings. The maximum Gasteiger partial charge on any atom is 0.306 e. The Bertz CT molecular complexity index is 579. The van der Waals surface area contributed by atoms with Gasteiger partial charge >= 0.3 is 5.97 Å². The van der Waals surface area contributed by atoms with E-state index in [1.165, 1.54) is 44.1 Å². The van der Waals surface area contributed by atoms with Crippen LogP contribution in [0.5, 0.6) is 0 Å². The number of carbonyl (C=O) groups excluding carboxylic acids is 1. The number of esters is 1. The van der Waals surface area contributed by atoms with E-state index in [4.69, 9.17) is 16.3 Å². The number of hydrogen-bond acceptors (Lipinski definition) is 2. The van der Waals surface area contributed by atoms with E-state index < -0.39 is 0 Å². The average molecular weight is 375 g/mol. The zero-order valence-electron chi connectivity index (χ0n) is 15.7. The predicted octanol–water partition coefficient (Wildman–Crippen LogP) is 6.68. The Balaban J connectivity index is 1.40. The van der Waals surface area contributed by atoms with Gasteiger partial charge in [0, 0.05) is 11.4 Å². The molecule has 0 aliphatic heterocycles. The van der Waals surface area contributed by atoms with Gasteiger partial charge in [-0.1, -0.05) is 29.8 Å². The van der Waals surface area contributed by atoms with E-state index >= 15 is 0 Å². The van der Waals surface area contributed by atoms with Gasteiger partial charge in [-0.05, 0) is 93.2 Å². The van der Waals surface area contributed by atoms with Crippen molar-refractivity contribution in [3.8, 4) is 0 Å². The molecular weight excluding hydrogens is 344 g/mol. The molecule has 0 heterocycles. The zero-order chi connectivity index (χ0) is 18.4. The van der Waals surface area contributed by atoms with E-state index in [0.717, 1.165) is 29.7 Å². The molecular formula is C23H31ClO2. The van der Waals surface area contributed by atoms with Crippen LogP contribution in [0.2, 0.25) is 5.02 Å². The van der Waals surface area contributed by atoms with E-state index in [9.17, 15) is 4.79 Å². The third-order valence-electron chi connectivity index (χ3n) is 6.35. The Morgan fingerprint density at radius 1 is 1.00 bits per heavy atom. The van der Waals surface area contributed by atoms with Gasteiger partial charge in [-0.15, -0.1) is 6.58 Å². The van der Waals surface area contributed by atoms with Crippen molar-refractivity contribution in [3.05, 3.63) is 47.5 Å². The molecule has 0 amide bonds. The number of halogens is 1. The Hall–Kier alpha value is -1.28. The molecule has 0 unspecified atom stereocenters. The molecule has 0 bridgehead atoms. The summed E-state index contributed by atoms with van der Waals surface area (Å²) in [4.78, 5) is 11.8. The number of hydrogen-bond donors (Lipinski definition) is 0. The highest BCUT2D eigenvalue weighted by atomic mass is 35.5. The molecule has 2 nitrogen and oxygen atoms in total. The van der Waals surface area contributed by atoms with Gasteiger partial charge in [-0.2, -0.15) is 0 Å². The van der Waals surface area contributed by atoms with Crippen molar-refractivity contribution in [2.24, 2.45) is 11.8 Å². The third-order valence-corrected chi connectivity index (χ3v) is 6.60. The van der Waals surface area contributed by atoms with Crippen LogP contribution < -0.4 is 0 Å². The summed E-state index contributed by atoms with van der Waals surface area (Å²) in [5, 5.41) is 0.824. The van der Waals surface area contributed by atoms with Gasteiger partial charge in [0.15, 0.2) is 0 Å². The molecule has 3 heteroatoms. The third kappa shape index (κ3) is 5.36. The summed E-state index contributed by atoms with van der Waals surface area (Å²) in [6.45, 7) is 3.66. The van der Waals surface area contributed by atoms with Gasteiger partial charge in [-0.3, -0.25) is 4.79 Å². The smallest absolute Gasteiger partial charge is 0.306 e. The predicted molar refractivity (Wildman–Crippen MR) is 107 cm³/mol. The fourth-order valence-corrected chi connectivity index (χ4v) is 4.93. The Morgan fingerprint density at radius 3 is 2.15 bits per heavy atom. The van der Waals surface area contributed by atoms with Gasteiger partial charge < -0.3 is 4.74 Å². The molecule has 0 N–H and O–H groups in total. The minimum absolute atomic E-state index is 0.0585. The molecule has 26 heavy (non-hydrogen) atoms. The quantitative estimate of drug-likeness (QED) is 0.410. The minimum Gasteiger partial charge on any atom is -0.462 e. The lowest BCUT2D eigenvalue weighted by molar-refractivity contribution is -0.151. The fourth-order valence-electron chi connectivity index (χ4n) is 4.80. The SMILES string of the molecule is C=CCCC(=O)O[C@H]1CC[C@H]([C@H]2CC[C@H](c3ccc(Cl)cc3)CC2)CC1. The normalized spacial score (nSPS) is 29.1. The van der Waals surface area contributed by atoms with Crippen LogP contribution >= 0.6 is 11.6 Å². The van der Waals surface area contributed by atoms with Crippen molar-refractivity contribution in [1.82, 2.24) is 0 Å². The van der Waals surface area contributed by atoms with Crippen molar-refractivity contribution in [2.75, 3.05) is 0 Å².